The van der Waals surface area contributed by atoms with Crippen molar-refractivity contribution in [1.82, 2.24) is 31.1 Å². The standard InChI is InChI=1S/C44H66N6O9/c1-44(2)25-31-34(59-44)27-50-37(31)39(53)46-32(38(52)40(54)45-26-35(51)48-36(42(56)49(3)4)30-21-15-12-16-22-30)23-17-9-7-5-6-8-10-18-24-33(41(50)55)47-43(57)58-28-29-19-13-11-14-20-29/h11,13-14,19-20,30-34,36-37H,5-10,12,15-18,21-28H2,1-4H3,(H,45,54)(H,46,53)(H,47,57)(H,48,51)/t31-,32+,33+,34-,36-,37-/m0/s1. The number of rotatable bonds is 10. The minimum atomic E-state index is -1.21. The molecule has 5 rings (SSSR count). The molecule has 0 radical (unpaired) electrons. The number of carbonyl (C=O) groups excluding carboxylic acids is 7. The summed E-state index contributed by atoms with van der Waals surface area (Å²) >= 11 is 0. The van der Waals surface area contributed by atoms with Crippen LogP contribution in [-0.4, -0.2) is 114 Å². The lowest BCUT2D eigenvalue weighted by Gasteiger charge is -2.32. The van der Waals surface area contributed by atoms with Crippen molar-refractivity contribution in [2.75, 3.05) is 27.2 Å². The smallest absolute Gasteiger partial charge is 0.408 e. The molecule has 3 saturated heterocycles. The zero-order valence-electron chi connectivity index (χ0n) is 35.4. The maximum atomic E-state index is 14.5. The van der Waals surface area contributed by atoms with Crippen LogP contribution in [0.2, 0.25) is 0 Å². The Hall–Kier alpha value is -4.53. The molecule has 3 heterocycles. The first-order valence-corrected chi connectivity index (χ1v) is 21.8. The van der Waals surface area contributed by atoms with Crippen LogP contribution in [0, 0.1) is 11.8 Å². The summed E-state index contributed by atoms with van der Waals surface area (Å²) in [6, 6.07) is 5.30. The van der Waals surface area contributed by atoms with Crippen LogP contribution in [0.25, 0.3) is 0 Å². The number of hydrogen-bond acceptors (Lipinski definition) is 9. The topological polar surface area (TPSA) is 193 Å². The molecule has 0 aromatic heterocycles. The van der Waals surface area contributed by atoms with Crippen LogP contribution >= 0.6 is 0 Å². The number of nitrogens with one attached hydrogen (secondary N) is 4. The number of nitrogens with zero attached hydrogens (tertiary/aromatic N) is 2. The Labute approximate surface area is 348 Å². The van der Waals surface area contributed by atoms with Gasteiger partial charge < -0.3 is 40.5 Å². The SMILES string of the molecule is CN(C)C(=O)[C@@H](NC(=O)CNC(=O)C(=O)[C@H]1CCCCCCCCCC[C@@H](NC(=O)OCc2ccccc2)C(=O)N2C[C@@H]3OC(C)(C)C[C@@H]3[C@H]2C(=O)N1)C1CCCCC1. The number of ether oxygens (including phenoxy) is 2. The van der Waals surface area contributed by atoms with Crippen molar-refractivity contribution in [3.8, 4) is 0 Å². The summed E-state index contributed by atoms with van der Waals surface area (Å²) in [4.78, 5) is 98.4. The fourth-order valence-corrected chi connectivity index (χ4v) is 9.24. The van der Waals surface area contributed by atoms with Crippen LogP contribution in [0.3, 0.4) is 0 Å². The Bertz CT molecular complexity index is 1630. The molecule has 326 valence electrons. The Morgan fingerprint density at radius 3 is 2.15 bits per heavy atom. The molecule has 1 saturated carbocycles. The molecule has 6 atom stereocenters. The van der Waals surface area contributed by atoms with Crippen LogP contribution in [0.5, 0.6) is 0 Å². The summed E-state index contributed by atoms with van der Waals surface area (Å²) in [7, 11) is 3.27. The van der Waals surface area contributed by atoms with E-state index in [1.807, 2.05) is 44.2 Å². The van der Waals surface area contributed by atoms with Crippen LogP contribution in [-0.2, 0) is 44.8 Å². The van der Waals surface area contributed by atoms with E-state index >= 15 is 0 Å². The van der Waals surface area contributed by atoms with Gasteiger partial charge in [0.1, 0.15) is 24.7 Å². The van der Waals surface area contributed by atoms with E-state index in [-0.39, 0.29) is 31.4 Å². The fourth-order valence-electron chi connectivity index (χ4n) is 9.24. The van der Waals surface area contributed by atoms with Crippen LogP contribution in [0.4, 0.5) is 4.79 Å². The maximum Gasteiger partial charge on any atom is 0.408 e. The second-order valence-corrected chi connectivity index (χ2v) is 17.7. The lowest BCUT2D eigenvalue weighted by molar-refractivity contribution is -0.144. The molecule has 4 aliphatic rings. The quantitative estimate of drug-likeness (QED) is 0.254. The van der Waals surface area contributed by atoms with Crippen molar-refractivity contribution >= 4 is 41.4 Å². The molecule has 15 nitrogen and oxygen atoms in total. The van der Waals surface area contributed by atoms with Gasteiger partial charge in [-0.15, -0.1) is 0 Å². The average Bonchev–Trinajstić information content (AvgIpc) is 3.71. The van der Waals surface area contributed by atoms with Gasteiger partial charge in [0.15, 0.2) is 0 Å². The summed E-state index contributed by atoms with van der Waals surface area (Å²) in [5.74, 6) is -4.15. The highest BCUT2D eigenvalue weighted by molar-refractivity contribution is 6.38. The van der Waals surface area contributed by atoms with Gasteiger partial charge in [-0.1, -0.05) is 101 Å². The molecule has 1 aliphatic carbocycles. The highest BCUT2D eigenvalue weighted by Gasteiger charge is 2.56. The lowest BCUT2D eigenvalue weighted by atomic mass is 9.83. The lowest BCUT2D eigenvalue weighted by Crippen LogP contribution is -2.58. The number of benzene rings is 1. The molecular formula is C44H66N6O9. The molecule has 4 N–H and O–H groups in total. The van der Waals surface area contributed by atoms with E-state index in [0.717, 1.165) is 76.2 Å². The number of amides is 6. The van der Waals surface area contributed by atoms with Gasteiger partial charge in [0.2, 0.25) is 29.4 Å². The van der Waals surface area contributed by atoms with Crippen molar-refractivity contribution in [2.24, 2.45) is 11.8 Å². The zero-order valence-corrected chi connectivity index (χ0v) is 35.4. The molecule has 59 heavy (non-hydrogen) atoms. The van der Waals surface area contributed by atoms with Crippen LogP contribution in [0.15, 0.2) is 30.3 Å². The Balaban J connectivity index is 1.30. The van der Waals surface area contributed by atoms with E-state index in [2.05, 4.69) is 21.3 Å². The van der Waals surface area contributed by atoms with Crippen LogP contribution in [0.1, 0.15) is 122 Å². The Kier molecular flexibility index (Phi) is 16.7. The second kappa shape index (κ2) is 21.6. The molecule has 3 aliphatic heterocycles. The first kappa shape index (κ1) is 45.6. The summed E-state index contributed by atoms with van der Waals surface area (Å²) in [5.41, 5.74) is 0.243. The molecule has 0 bridgehead atoms. The summed E-state index contributed by atoms with van der Waals surface area (Å²) in [5, 5.41) is 10.9. The van der Waals surface area contributed by atoms with Crippen molar-refractivity contribution in [3.05, 3.63) is 35.9 Å². The third kappa shape index (κ3) is 13.0. The Morgan fingerprint density at radius 1 is 0.881 bits per heavy atom. The van der Waals surface area contributed by atoms with Gasteiger partial charge in [-0.3, -0.25) is 28.8 Å². The summed E-state index contributed by atoms with van der Waals surface area (Å²) in [6.07, 6.45) is 11.2. The first-order chi connectivity index (χ1) is 28.2. The van der Waals surface area contributed by atoms with Gasteiger partial charge in [0.05, 0.1) is 24.3 Å². The van der Waals surface area contributed by atoms with Crippen molar-refractivity contribution in [3.63, 3.8) is 0 Å². The highest BCUT2D eigenvalue weighted by atomic mass is 16.5. The molecule has 0 unspecified atom stereocenters. The minimum Gasteiger partial charge on any atom is -0.445 e. The number of hydrogen-bond donors (Lipinski definition) is 4. The largest absolute Gasteiger partial charge is 0.445 e. The molecule has 0 spiro atoms. The van der Waals surface area contributed by atoms with E-state index in [1.54, 1.807) is 14.1 Å². The van der Waals surface area contributed by atoms with Crippen molar-refractivity contribution < 1.29 is 43.0 Å². The van der Waals surface area contributed by atoms with E-state index in [0.29, 0.717) is 25.7 Å². The monoisotopic (exact) mass is 822 g/mol. The predicted octanol–water partition coefficient (Wildman–Crippen LogP) is 3.91. The van der Waals surface area contributed by atoms with Gasteiger partial charge in [0, 0.05) is 26.6 Å². The molecule has 1 aromatic carbocycles. The van der Waals surface area contributed by atoms with E-state index in [1.165, 1.54) is 9.80 Å². The maximum absolute atomic E-state index is 14.5. The van der Waals surface area contributed by atoms with E-state index in [9.17, 15) is 33.6 Å². The van der Waals surface area contributed by atoms with Crippen LogP contribution < -0.4 is 21.3 Å². The summed E-state index contributed by atoms with van der Waals surface area (Å²) in [6.45, 7) is 3.50. The predicted molar refractivity (Wildman–Crippen MR) is 219 cm³/mol. The minimum absolute atomic E-state index is 0.0186. The van der Waals surface area contributed by atoms with Gasteiger partial charge in [-0.25, -0.2) is 4.79 Å². The molecule has 15 heteroatoms. The van der Waals surface area contributed by atoms with Gasteiger partial charge in [-0.05, 0) is 57.4 Å². The number of ketones is 1. The number of likely N-dealkylation sites (N-methyl/N-ethyl adjacent to an activating group) is 1. The first-order valence-electron chi connectivity index (χ1n) is 21.8. The molecule has 4 fully saturated rings. The van der Waals surface area contributed by atoms with E-state index < -0.39 is 83.8 Å². The summed E-state index contributed by atoms with van der Waals surface area (Å²) < 4.78 is 11.8. The van der Waals surface area contributed by atoms with E-state index in [4.69, 9.17) is 9.47 Å². The van der Waals surface area contributed by atoms with Crippen molar-refractivity contribution in [1.29, 1.82) is 0 Å². The average molecular weight is 823 g/mol. The van der Waals surface area contributed by atoms with Gasteiger partial charge in [0.25, 0.3) is 5.91 Å². The normalized spacial score (nSPS) is 26.2. The molecule has 6 amide bonds. The highest BCUT2D eigenvalue weighted by Crippen LogP contribution is 2.43. The number of alkyl carbamates (subject to hydrolysis) is 1. The van der Waals surface area contributed by atoms with Gasteiger partial charge >= 0.3 is 6.09 Å². The van der Waals surface area contributed by atoms with Gasteiger partial charge in [-0.2, -0.15) is 0 Å². The third-order valence-corrected chi connectivity index (χ3v) is 12.3. The number of fused-ring (bicyclic) bond motifs is 3. The second-order valence-electron chi connectivity index (χ2n) is 17.7. The third-order valence-electron chi connectivity index (χ3n) is 12.3. The number of Topliss-reactive ketones (excluding diaryl/α,β-unsaturated/α-hetero) is 1. The van der Waals surface area contributed by atoms with Crippen molar-refractivity contribution in [2.45, 2.75) is 159 Å². The number of carbonyl (C=O) groups is 7. The molecular weight excluding hydrogens is 757 g/mol. The Morgan fingerprint density at radius 2 is 1.49 bits per heavy atom. The molecule has 1 aromatic rings. The fraction of sp³-hybridized carbons (Fsp3) is 0.705. The zero-order chi connectivity index (χ0) is 42.5.